The minimum Gasteiger partial charge on any atom is -0.314 e. The van der Waals surface area contributed by atoms with Crippen LogP contribution >= 0.6 is 0 Å². The average molecular weight is 235 g/mol. The lowest BCUT2D eigenvalue weighted by molar-refractivity contribution is 0.295. The van der Waals surface area contributed by atoms with E-state index in [-0.39, 0.29) is 0 Å². The second-order valence-corrected chi connectivity index (χ2v) is 5.54. The van der Waals surface area contributed by atoms with Gasteiger partial charge < -0.3 is 10.6 Å². The van der Waals surface area contributed by atoms with Gasteiger partial charge in [-0.15, -0.1) is 0 Å². The monoisotopic (exact) mass is 235 g/mol. The summed E-state index contributed by atoms with van der Waals surface area (Å²) in [6, 6.07) is 4.07. The molecule has 2 fully saturated rings. The largest absolute Gasteiger partial charge is 0.314 e. The normalized spacial score (nSPS) is 34.7. The minimum absolute atomic E-state index is 0.395. The lowest BCUT2D eigenvalue weighted by Crippen LogP contribution is -2.45. The molecule has 3 heteroatoms. The summed E-state index contributed by atoms with van der Waals surface area (Å²) in [7, 11) is 0. The molecule has 1 saturated carbocycles. The molecular formula is C14H25N3. The summed E-state index contributed by atoms with van der Waals surface area (Å²) in [6.07, 6.45) is 8.40. The van der Waals surface area contributed by atoms with Gasteiger partial charge in [-0.05, 0) is 44.6 Å². The van der Waals surface area contributed by atoms with E-state index >= 15 is 0 Å². The average Bonchev–Trinajstić information content (AvgIpc) is 2.98. The van der Waals surface area contributed by atoms with Gasteiger partial charge in [-0.25, -0.2) is 0 Å². The quantitative estimate of drug-likeness (QED) is 0.768. The Bertz CT molecular complexity index is 265. The maximum absolute atomic E-state index is 8.82. The van der Waals surface area contributed by atoms with Gasteiger partial charge in [0.05, 0.1) is 12.5 Å². The fraction of sp³-hybridized carbons (Fsp3) is 0.929. The fourth-order valence-corrected chi connectivity index (χ4v) is 3.49. The summed E-state index contributed by atoms with van der Waals surface area (Å²) in [5.41, 5.74) is 0. The molecule has 0 radical (unpaired) electrons. The van der Waals surface area contributed by atoms with E-state index in [9.17, 15) is 0 Å². The Morgan fingerprint density at radius 3 is 2.88 bits per heavy atom. The van der Waals surface area contributed by atoms with E-state index in [0.717, 1.165) is 18.4 Å². The van der Waals surface area contributed by atoms with E-state index < -0.39 is 0 Å². The second kappa shape index (κ2) is 6.37. The van der Waals surface area contributed by atoms with Crippen LogP contribution in [0.2, 0.25) is 0 Å². The third-order valence-corrected chi connectivity index (χ3v) is 4.46. The van der Waals surface area contributed by atoms with Gasteiger partial charge in [0.15, 0.2) is 0 Å². The van der Waals surface area contributed by atoms with Crippen molar-refractivity contribution in [2.45, 2.75) is 70.0 Å². The zero-order chi connectivity index (χ0) is 12.1. The topological polar surface area (TPSA) is 47.9 Å². The Kier molecular flexibility index (Phi) is 4.82. The number of hydrogen-bond donors (Lipinski definition) is 2. The number of nitrogens with zero attached hydrogens (tertiary/aromatic N) is 1. The van der Waals surface area contributed by atoms with Crippen LogP contribution in [0.4, 0.5) is 0 Å². The molecule has 4 unspecified atom stereocenters. The van der Waals surface area contributed by atoms with Crippen LogP contribution in [0.25, 0.3) is 0 Å². The molecule has 0 aromatic carbocycles. The number of rotatable bonds is 5. The van der Waals surface area contributed by atoms with Gasteiger partial charge in [-0.3, -0.25) is 0 Å². The van der Waals surface area contributed by atoms with Crippen molar-refractivity contribution in [1.29, 1.82) is 5.26 Å². The first-order valence-corrected chi connectivity index (χ1v) is 7.21. The highest BCUT2D eigenvalue weighted by molar-refractivity contribution is 4.95. The first-order valence-electron chi connectivity index (χ1n) is 7.21. The molecule has 0 amide bonds. The van der Waals surface area contributed by atoms with Crippen LogP contribution in [-0.2, 0) is 0 Å². The van der Waals surface area contributed by atoms with E-state index in [2.05, 4.69) is 23.6 Å². The lowest BCUT2D eigenvalue weighted by atomic mass is 9.92. The zero-order valence-electron chi connectivity index (χ0n) is 10.9. The maximum Gasteiger partial charge on any atom is 0.0638 e. The van der Waals surface area contributed by atoms with E-state index in [1.54, 1.807) is 0 Å². The molecular weight excluding hydrogens is 210 g/mol. The summed E-state index contributed by atoms with van der Waals surface area (Å²) in [4.78, 5) is 0. The molecule has 2 N–H and O–H groups in total. The molecule has 2 aliphatic rings. The van der Waals surface area contributed by atoms with Crippen molar-refractivity contribution >= 4 is 0 Å². The second-order valence-electron chi connectivity index (χ2n) is 5.54. The molecule has 1 aliphatic heterocycles. The van der Waals surface area contributed by atoms with Crippen molar-refractivity contribution in [2.75, 3.05) is 6.54 Å². The van der Waals surface area contributed by atoms with E-state index in [4.69, 9.17) is 5.26 Å². The van der Waals surface area contributed by atoms with E-state index in [0.29, 0.717) is 18.5 Å². The minimum atomic E-state index is 0.395. The molecule has 17 heavy (non-hydrogen) atoms. The van der Waals surface area contributed by atoms with Gasteiger partial charge in [0.25, 0.3) is 0 Å². The highest BCUT2D eigenvalue weighted by Gasteiger charge is 2.35. The molecule has 2 rings (SSSR count). The molecule has 96 valence electrons. The summed E-state index contributed by atoms with van der Waals surface area (Å²) in [5.74, 6) is 0.797. The SMILES string of the molecule is CCC(CC#N)NC1CCCC1C1CCCN1. The van der Waals surface area contributed by atoms with Gasteiger partial charge in [0.1, 0.15) is 0 Å². The molecule has 0 aromatic rings. The Balaban J connectivity index is 1.87. The number of nitrogens with one attached hydrogen (secondary N) is 2. The van der Waals surface area contributed by atoms with Crippen LogP contribution in [0, 0.1) is 17.2 Å². The highest BCUT2D eigenvalue weighted by Crippen LogP contribution is 2.32. The van der Waals surface area contributed by atoms with Crippen molar-refractivity contribution in [1.82, 2.24) is 10.6 Å². The smallest absolute Gasteiger partial charge is 0.0638 e. The summed E-state index contributed by atoms with van der Waals surface area (Å²) < 4.78 is 0. The van der Waals surface area contributed by atoms with Crippen LogP contribution in [0.5, 0.6) is 0 Å². The van der Waals surface area contributed by atoms with Gasteiger partial charge >= 0.3 is 0 Å². The molecule has 1 aliphatic carbocycles. The Morgan fingerprint density at radius 2 is 2.24 bits per heavy atom. The van der Waals surface area contributed by atoms with Gasteiger partial charge in [-0.1, -0.05) is 13.3 Å². The number of nitriles is 1. The molecule has 4 atom stereocenters. The van der Waals surface area contributed by atoms with E-state index in [1.165, 1.54) is 38.6 Å². The van der Waals surface area contributed by atoms with Crippen molar-refractivity contribution in [3.63, 3.8) is 0 Å². The zero-order valence-corrected chi connectivity index (χ0v) is 10.9. The lowest BCUT2D eigenvalue weighted by Gasteiger charge is -2.29. The van der Waals surface area contributed by atoms with Crippen LogP contribution in [0.15, 0.2) is 0 Å². The first-order chi connectivity index (χ1) is 8.35. The third-order valence-electron chi connectivity index (χ3n) is 4.46. The molecule has 0 spiro atoms. The molecule has 3 nitrogen and oxygen atoms in total. The summed E-state index contributed by atoms with van der Waals surface area (Å²) in [6.45, 7) is 3.37. The van der Waals surface area contributed by atoms with Gasteiger partial charge in [0.2, 0.25) is 0 Å². The summed E-state index contributed by atoms with van der Waals surface area (Å²) >= 11 is 0. The predicted molar refractivity (Wildman–Crippen MR) is 69.6 cm³/mol. The first kappa shape index (κ1) is 12.9. The van der Waals surface area contributed by atoms with Crippen molar-refractivity contribution in [2.24, 2.45) is 5.92 Å². The molecule has 1 heterocycles. The standard InChI is InChI=1S/C14H25N3/c1-2-11(8-9-15)17-14-6-3-5-12(14)13-7-4-10-16-13/h11-14,16-17H,2-8,10H2,1H3. The summed E-state index contributed by atoms with van der Waals surface area (Å²) in [5, 5.41) is 16.2. The predicted octanol–water partition coefficient (Wildman–Crippen LogP) is 2.19. The molecule has 0 bridgehead atoms. The fourth-order valence-electron chi connectivity index (χ4n) is 3.49. The Morgan fingerprint density at radius 1 is 1.35 bits per heavy atom. The molecule has 0 aromatic heterocycles. The van der Waals surface area contributed by atoms with Crippen molar-refractivity contribution < 1.29 is 0 Å². The number of hydrogen-bond acceptors (Lipinski definition) is 3. The van der Waals surface area contributed by atoms with Crippen molar-refractivity contribution in [3.05, 3.63) is 0 Å². The van der Waals surface area contributed by atoms with Crippen LogP contribution in [0.3, 0.4) is 0 Å². The third kappa shape index (κ3) is 3.20. The van der Waals surface area contributed by atoms with Crippen LogP contribution < -0.4 is 10.6 Å². The van der Waals surface area contributed by atoms with Crippen LogP contribution in [-0.4, -0.2) is 24.7 Å². The molecule has 1 saturated heterocycles. The van der Waals surface area contributed by atoms with E-state index in [1.807, 2.05) is 0 Å². The van der Waals surface area contributed by atoms with Gasteiger partial charge in [-0.2, -0.15) is 5.26 Å². The Labute approximate surface area is 105 Å². The maximum atomic E-state index is 8.82. The van der Waals surface area contributed by atoms with Gasteiger partial charge in [0, 0.05) is 18.1 Å². The highest BCUT2D eigenvalue weighted by atomic mass is 15.0. The Hall–Kier alpha value is -0.590. The van der Waals surface area contributed by atoms with Crippen molar-refractivity contribution in [3.8, 4) is 6.07 Å². The van der Waals surface area contributed by atoms with Crippen LogP contribution in [0.1, 0.15) is 51.9 Å².